The van der Waals surface area contributed by atoms with Crippen molar-refractivity contribution < 1.29 is 9.18 Å². The first kappa shape index (κ1) is 9.81. The molecule has 2 nitrogen and oxygen atoms in total. The molecule has 1 aromatic rings. The van der Waals surface area contributed by atoms with Crippen LogP contribution in [0.1, 0.15) is 18.4 Å². The number of carbonyl (C=O) groups excluding carboxylic acids is 1. The molecule has 0 spiro atoms. The lowest BCUT2D eigenvalue weighted by Gasteiger charge is -1.98. The van der Waals surface area contributed by atoms with E-state index in [1.165, 1.54) is 12.1 Å². The van der Waals surface area contributed by atoms with E-state index in [1.807, 2.05) is 12.2 Å². The molecule has 0 aromatic heterocycles. The Morgan fingerprint density at radius 2 is 2.00 bits per heavy atom. The van der Waals surface area contributed by atoms with E-state index in [2.05, 4.69) is 4.99 Å². The Labute approximate surface area is 87.1 Å². The summed E-state index contributed by atoms with van der Waals surface area (Å²) in [6, 6.07) is 6.18. The molecule has 1 saturated carbocycles. The number of nitrogens with zero attached hydrogens (tertiary/aromatic N) is 1. The number of halogens is 1. The van der Waals surface area contributed by atoms with E-state index < -0.39 is 0 Å². The van der Waals surface area contributed by atoms with Gasteiger partial charge in [-0.2, -0.15) is 4.99 Å². The second kappa shape index (κ2) is 3.79. The van der Waals surface area contributed by atoms with Gasteiger partial charge in [-0.3, -0.25) is 0 Å². The third-order valence-electron chi connectivity index (χ3n) is 2.49. The maximum absolute atomic E-state index is 12.6. The molecule has 1 aliphatic rings. The van der Waals surface area contributed by atoms with Crippen molar-refractivity contribution in [1.29, 1.82) is 0 Å². The summed E-state index contributed by atoms with van der Waals surface area (Å²) in [5, 5.41) is 0. The van der Waals surface area contributed by atoms with Gasteiger partial charge in [-0.1, -0.05) is 24.3 Å². The highest BCUT2D eigenvalue weighted by Gasteiger charge is 2.40. The summed E-state index contributed by atoms with van der Waals surface area (Å²) in [4.78, 5) is 13.9. The van der Waals surface area contributed by atoms with Crippen molar-refractivity contribution in [2.24, 2.45) is 4.99 Å². The summed E-state index contributed by atoms with van der Waals surface area (Å²) in [6.07, 6.45) is 7.09. The van der Waals surface area contributed by atoms with Crippen molar-refractivity contribution >= 4 is 12.2 Å². The summed E-state index contributed by atoms with van der Waals surface area (Å²) in [7, 11) is 0. The molecule has 1 aromatic carbocycles. The summed E-state index contributed by atoms with van der Waals surface area (Å²) < 4.78 is 12.6. The molecule has 0 N–H and O–H groups in total. The fourth-order valence-corrected chi connectivity index (χ4v) is 1.36. The van der Waals surface area contributed by atoms with Gasteiger partial charge in [0.05, 0.1) is 5.54 Å². The fourth-order valence-electron chi connectivity index (χ4n) is 1.36. The molecular formula is C12H10FNO. The number of isocyanates is 1. The molecule has 1 aliphatic carbocycles. The first-order chi connectivity index (χ1) is 7.24. The average molecular weight is 203 g/mol. The lowest BCUT2D eigenvalue weighted by atomic mass is 10.1. The molecule has 1 fully saturated rings. The van der Waals surface area contributed by atoms with Crippen LogP contribution in [0.4, 0.5) is 4.39 Å². The SMILES string of the molecule is O=C=NC1(/C=C/c2ccc(F)cc2)CC1. The van der Waals surface area contributed by atoms with Crippen LogP contribution in [0.3, 0.4) is 0 Å². The zero-order chi connectivity index (χ0) is 10.7. The molecule has 0 saturated heterocycles. The molecule has 3 heteroatoms. The molecule has 0 unspecified atom stereocenters. The van der Waals surface area contributed by atoms with Crippen LogP contribution in [0, 0.1) is 5.82 Å². The van der Waals surface area contributed by atoms with Crippen LogP contribution in [-0.4, -0.2) is 11.6 Å². The third kappa shape index (κ3) is 2.39. The minimum atomic E-state index is -0.323. The Bertz CT molecular complexity index is 425. The predicted molar refractivity (Wildman–Crippen MR) is 55.5 cm³/mol. The summed E-state index contributed by atoms with van der Waals surface area (Å²) in [6.45, 7) is 0. The lowest BCUT2D eigenvalue weighted by molar-refractivity contribution is 0.560. The molecule has 76 valence electrons. The molecule has 0 aliphatic heterocycles. The number of hydrogen-bond acceptors (Lipinski definition) is 2. The number of hydrogen-bond donors (Lipinski definition) is 0. The van der Waals surface area contributed by atoms with Crippen LogP contribution < -0.4 is 0 Å². The van der Waals surface area contributed by atoms with Crippen molar-refractivity contribution in [2.45, 2.75) is 18.4 Å². The minimum absolute atomic E-state index is 0.251. The van der Waals surface area contributed by atoms with Crippen molar-refractivity contribution in [1.82, 2.24) is 0 Å². The number of rotatable bonds is 3. The molecular weight excluding hydrogens is 193 g/mol. The molecule has 0 radical (unpaired) electrons. The maximum Gasteiger partial charge on any atom is 0.235 e. The smallest absolute Gasteiger partial charge is 0.211 e. The van der Waals surface area contributed by atoms with Gasteiger partial charge >= 0.3 is 0 Å². The Balaban J connectivity index is 2.12. The molecule has 2 rings (SSSR count). The standard InChI is InChI=1S/C12H10FNO/c13-11-3-1-10(2-4-11)5-6-12(7-8-12)14-9-15/h1-6H,7-8H2/b6-5+. The summed E-state index contributed by atoms with van der Waals surface area (Å²) in [5.41, 5.74) is 0.583. The molecule has 0 atom stereocenters. The Hall–Kier alpha value is -1.73. The normalized spacial score (nSPS) is 17.4. The second-order valence-corrected chi connectivity index (χ2v) is 3.69. The van der Waals surface area contributed by atoms with Crippen molar-refractivity contribution in [3.05, 3.63) is 41.7 Å². The van der Waals surface area contributed by atoms with Gasteiger partial charge in [-0.05, 0) is 30.5 Å². The number of benzene rings is 1. The first-order valence-electron chi connectivity index (χ1n) is 4.78. The molecule has 15 heavy (non-hydrogen) atoms. The van der Waals surface area contributed by atoms with Crippen LogP contribution in [0.5, 0.6) is 0 Å². The first-order valence-corrected chi connectivity index (χ1v) is 4.78. The average Bonchev–Trinajstić information content (AvgIpc) is 2.99. The Morgan fingerprint density at radius 1 is 1.33 bits per heavy atom. The third-order valence-corrected chi connectivity index (χ3v) is 2.49. The molecule has 0 heterocycles. The van der Waals surface area contributed by atoms with E-state index >= 15 is 0 Å². The van der Waals surface area contributed by atoms with Crippen molar-refractivity contribution in [3.8, 4) is 0 Å². The van der Waals surface area contributed by atoms with Gasteiger partial charge in [0.1, 0.15) is 5.82 Å². The van der Waals surface area contributed by atoms with Gasteiger partial charge in [0.2, 0.25) is 6.08 Å². The monoisotopic (exact) mass is 203 g/mol. The van der Waals surface area contributed by atoms with E-state index in [9.17, 15) is 9.18 Å². The van der Waals surface area contributed by atoms with E-state index in [0.717, 1.165) is 18.4 Å². The van der Waals surface area contributed by atoms with Gasteiger partial charge in [-0.25, -0.2) is 9.18 Å². The maximum atomic E-state index is 12.6. The topological polar surface area (TPSA) is 29.4 Å². The van der Waals surface area contributed by atoms with Crippen LogP contribution in [0.2, 0.25) is 0 Å². The largest absolute Gasteiger partial charge is 0.235 e. The predicted octanol–water partition coefficient (Wildman–Crippen LogP) is 2.71. The van der Waals surface area contributed by atoms with Crippen LogP contribution >= 0.6 is 0 Å². The van der Waals surface area contributed by atoms with Gasteiger partial charge in [0, 0.05) is 0 Å². The highest BCUT2D eigenvalue weighted by molar-refractivity contribution is 5.53. The zero-order valence-electron chi connectivity index (χ0n) is 8.11. The van der Waals surface area contributed by atoms with Crippen LogP contribution in [-0.2, 0) is 4.79 Å². The highest BCUT2D eigenvalue weighted by atomic mass is 19.1. The summed E-state index contributed by atoms with van der Waals surface area (Å²) >= 11 is 0. The highest BCUT2D eigenvalue weighted by Crippen LogP contribution is 2.41. The Morgan fingerprint density at radius 3 is 2.53 bits per heavy atom. The Kier molecular flexibility index (Phi) is 2.48. The minimum Gasteiger partial charge on any atom is -0.211 e. The van der Waals surface area contributed by atoms with E-state index in [0.29, 0.717) is 0 Å². The van der Waals surface area contributed by atoms with Gasteiger partial charge in [-0.15, -0.1) is 0 Å². The van der Waals surface area contributed by atoms with E-state index in [1.54, 1.807) is 18.2 Å². The van der Waals surface area contributed by atoms with Crippen LogP contribution in [0.25, 0.3) is 6.08 Å². The summed E-state index contributed by atoms with van der Waals surface area (Å²) in [5.74, 6) is -0.251. The molecule has 0 bridgehead atoms. The van der Waals surface area contributed by atoms with Gasteiger partial charge < -0.3 is 0 Å². The lowest BCUT2D eigenvalue weighted by Crippen LogP contribution is -1.97. The van der Waals surface area contributed by atoms with Crippen molar-refractivity contribution in [2.75, 3.05) is 0 Å². The fraction of sp³-hybridized carbons (Fsp3) is 0.250. The quantitative estimate of drug-likeness (QED) is 0.548. The van der Waals surface area contributed by atoms with E-state index in [4.69, 9.17) is 0 Å². The second-order valence-electron chi connectivity index (χ2n) is 3.69. The van der Waals surface area contributed by atoms with E-state index in [-0.39, 0.29) is 11.4 Å². The zero-order valence-corrected chi connectivity index (χ0v) is 8.11. The van der Waals surface area contributed by atoms with Gasteiger partial charge in [0.15, 0.2) is 0 Å². The van der Waals surface area contributed by atoms with Gasteiger partial charge in [0.25, 0.3) is 0 Å². The number of aliphatic imine (C=N–C) groups is 1. The molecule has 0 amide bonds. The van der Waals surface area contributed by atoms with Crippen molar-refractivity contribution in [3.63, 3.8) is 0 Å². The van der Waals surface area contributed by atoms with Crippen LogP contribution in [0.15, 0.2) is 35.3 Å².